The summed E-state index contributed by atoms with van der Waals surface area (Å²) in [6.07, 6.45) is 1.13. The van der Waals surface area contributed by atoms with Crippen LogP contribution in [0.4, 0.5) is 5.82 Å². The quantitative estimate of drug-likeness (QED) is 0.857. The number of nitrogens with zero attached hydrogens (tertiary/aromatic N) is 2. The number of thiophene rings is 1. The van der Waals surface area contributed by atoms with Gasteiger partial charge in [0.25, 0.3) is 0 Å². The molecule has 0 aromatic carbocycles. The van der Waals surface area contributed by atoms with Gasteiger partial charge in [-0.3, -0.25) is 0 Å². The highest BCUT2D eigenvalue weighted by atomic mass is 32.1. The molecular weight excluding hydrogens is 270 g/mol. The van der Waals surface area contributed by atoms with Crippen LogP contribution in [0, 0.1) is 6.92 Å². The molecule has 2 heterocycles. The molecule has 2 N–H and O–H groups in total. The fourth-order valence-electron chi connectivity index (χ4n) is 2.13. The van der Waals surface area contributed by atoms with Gasteiger partial charge in [-0.25, -0.2) is 9.97 Å². The standard InChI is InChI=1S/C15H21N3OS/c1-4-12-9-15(18-11(3)17-12)16-10(2)8-13(19)14-6-5-7-20-14/h5-7,9-10,13,19H,4,8H2,1-3H3,(H,16,17,18). The third-order valence-corrected chi connectivity index (χ3v) is 4.07. The molecule has 0 bridgehead atoms. The van der Waals surface area contributed by atoms with Crippen LogP contribution in [0.1, 0.15) is 42.8 Å². The third-order valence-electron chi connectivity index (χ3n) is 3.10. The largest absolute Gasteiger partial charge is 0.387 e. The number of anilines is 1. The van der Waals surface area contributed by atoms with Crippen molar-refractivity contribution >= 4 is 17.2 Å². The van der Waals surface area contributed by atoms with Gasteiger partial charge in [-0.05, 0) is 38.1 Å². The van der Waals surface area contributed by atoms with Gasteiger partial charge in [-0.2, -0.15) is 0 Å². The number of hydrogen-bond acceptors (Lipinski definition) is 5. The van der Waals surface area contributed by atoms with Crippen molar-refractivity contribution in [3.05, 3.63) is 40.0 Å². The number of rotatable bonds is 6. The molecule has 108 valence electrons. The first kappa shape index (κ1) is 14.9. The van der Waals surface area contributed by atoms with Crippen molar-refractivity contribution in [3.63, 3.8) is 0 Å². The second-order valence-electron chi connectivity index (χ2n) is 4.96. The summed E-state index contributed by atoms with van der Waals surface area (Å²) in [5.74, 6) is 1.61. The summed E-state index contributed by atoms with van der Waals surface area (Å²) >= 11 is 1.58. The van der Waals surface area contributed by atoms with Crippen molar-refractivity contribution in [3.8, 4) is 0 Å². The van der Waals surface area contributed by atoms with Crippen LogP contribution < -0.4 is 5.32 Å². The lowest BCUT2D eigenvalue weighted by molar-refractivity contribution is 0.166. The van der Waals surface area contributed by atoms with E-state index in [1.807, 2.05) is 30.5 Å². The maximum atomic E-state index is 10.2. The summed E-state index contributed by atoms with van der Waals surface area (Å²) in [5, 5.41) is 15.5. The first-order valence-corrected chi connectivity index (χ1v) is 7.79. The number of aliphatic hydroxyl groups is 1. The molecule has 0 aliphatic carbocycles. The smallest absolute Gasteiger partial charge is 0.130 e. The lowest BCUT2D eigenvalue weighted by atomic mass is 10.1. The molecule has 0 saturated heterocycles. The van der Waals surface area contributed by atoms with Gasteiger partial charge >= 0.3 is 0 Å². The second kappa shape index (κ2) is 6.81. The third kappa shape index (κ3) is 4.02. The van der Waals surface area contributed by atoms with Crippen LogP contribution in [-0.2, 0) is 6.42 Å². The number of aryl methyl sites for hydroxylation is 2. The van der Waals surface area contributed by atoms with Crippen molar-refractivity contribution in [1.82, 2.24) is 9.97 Å². The van der Waals surface area contributed by atoms with Crippen molar-refractivity contribution in [2.24, 2.45) is 0 Å². The topological polar surface area (TPSA) is 58.0 Å². The molecule has 0 fully saturated rings. The highest BCUT2D eigenvalue weighted by molar-refractivity contribution is 7.10. The fraction of sp³-hybridized carbons (Fsp3) is 0.467. The molecule has 2 aromatic heterocycles. The molecule has 2 aromatic rings. The Morgan fingerprint density at radius 1 is 1.40 bits per heavy atom. The van der Waals surface area contributed by atoms with E-state index in [0.717, 1.165) is 28.6 Å². The molecular formula is C15H21N3OS. The molecule has 2 unspecified atom stereocenters. The van der Waals surface area contributed by atoms with Gasteiger partial charge in [0.05, 0.1) is 6.10 Å². The molecule has 0 aliphatic rings. The van der Waals surface area contributed by atoms with E-state index in [4.69, 9.17) is 0 Å². The summed E-state index contributed by atoms with van der Waals surface area (Å²) in [5.41, 5.74) is 1.03. The zero-order chi connectivity index (χ0) is 14.5. The molecule has 2 rings (SSSR count). The molecule has 0 saturated carbocycles. The first-order valence-electron chi connectivity index (χ1n) is 6.91. The van der Waals surface area contributed by atoms with Gasteiger partial charge in [0, 0.05) is 22.7 Å². The number of aliphatic hydroxyl groups excluding tert-OH is 1. The van der Waals surface area contributed by atoms with Crippen LogP contribution >= 0.6 is 11.3 Å². The Labute approximate surface area is 123 Å². The summed E-state index contributed by atoms with van der Waals surface area (Å²) in [6.45, 7) is 6.03. The number of nitrogens with one attached hydrogen (secondary N) is 1. The average molecular weight is 291 g/mol. The highest BCUT2D eigenvalue weighted by Gasteiger charge is 2.14. The molecule has 0 aliphatic heterocycles. The van der Waals surface area contributed by atoms with Gasteiger partial charge in [-0.1, -0.05) is 13.0 Å². The van der Waals surface area contributed by atoms with Crippen molar-refractivity contribution in [2.45, 2.75) is 45.8 Å². The van der Waals surface area contributed by atoms with Crippen LogP contribution in [0.3, 0.4) is 0 Å². The summed E-state index contributed by atoms with van der Waals surface area (Å²) in [4.78, 5) is 9.76. The van der Waals surface area contributed by atoms with Gasteiger partial charge < -0.3 is 10.4 Å². The molecule has 0 amide bonds. The zero-order valence-corrected chi connectivity index (χ0v) is 12.9. The Bertz CT molecular complexity index is 542. The van der Waals surface area contributed by atoms with Crippen LogP contribution in [-0.4, -0.2) is 21.1 Å². The van der Waals surface area contributed by atoms with Crippen molar-refractivity contribution in [1.29, 1.82) is 0 Å². The van der Waals surface area contributed by atoms with Crippen LogP contribution in [0.25, 0.3) is 0 Å². The normalized spacial score (nSPS) is 14.0. The molecule has 20 heavy (non-hydrogen) atoms. The highest BCUT2D eigenvalue weighted by Crippen LogP contribution is 2.23. The van der Waals surface area contributed by atoms with E-state index in [0.29, 0.717) is 6.42 Å². The van der Waals surface area contributed by atoms with E-state index in [2.05, 4.69) is 29.1 Å². The minimum absolute atomic E-state index is 0.145. The Balaban J connectivity index is 1.97. The lowest BCUT2D eigenvalue weighted by Gasteiger charge is -2.18. The molecule has 5 heteroatoms. The maximum Gasteiger partial charge on any atom is 0.130 e. The van der Waals surface area contributed by atoms with E-state index in [-0.39, 0.29) is 6.04 Å². The van der Waals surface area contributed by atoms with Crippen molar-refractivity contribution in [2.75, 3.05) is 5.32 Å². The Morgan fingerprint density at radius 2 is 2.20 bits per heavy atom. The minimum Gasteiger partial charge on any atom is -0.387 e. The van der Waals surface area contributed by atoms with E-state index in [9.17, 15) is 5.11 Å². The average Bonchev–Trinajstić information content (AvgIpc) is 2.91. The summed E-state index contributed by atoms with van der Waals surface area (Å²) in [7, 11) is 0. The van der Waals surface area contributed by atoms with E-state index >= 15 is 0 Å². The van der Waals surface area contributed by atoms with Gasteiger partial charge in [-0.15, -0.1) is 11.3 Å². The maximum absolute atomic E-state index is 10.2. The zero-order valence-electron chi connectivity index (χ0n) is 12.1. The van der Waals surface area contributed by atoms with Crippen LogP contribution in [0.5, 0.6) is 0 Å². The van der Waals surface area contributed by atoms with Crippen LogP contribution in [0.15, 0.2) is 23.6 Å². The number of hydrogen-bond donors (Lipinski definition) is 2. The number of aromatic nitrogens is 2. The Morgan fingerprint density at radius 3 is 2.85 bits per heavy atom. The van der Waals surface area contributed by atoms with E-state index in [1.54, 1.807) is 11.3 Å². The summed E-state index contributed by atoms with van der Waals surface area (Å²) in [6, 6.07) is 6.04. The van der Waals surface area contributed by atoms with E-state index < -0.39 is 6.10 Å². The summed E-state index contributed by atoms with van der Waals surface area (Å²) < 4.78 is 0. The van der Waals surface area contributed by atoms with Gasteiger partial charge in [0.15, 0.2) is 0 Å². The monoisotopic (exact) mass is 291 g/mol. The SMILES string of the molecule is CCc1cc(NC(C)CC(O)c2cccs2)nc(C)n1. The predicted molar refractivity (Wildman–Crippen MR) is 83.1 cm³/mol. The van der Waals surface area contributed by atoms with Crippen molar-refractivity contribution < 1.29 is 5.11 Å². The Hall–Kier alpha value is -1.46. The molecule has 0 radical (unpaired) electrons. The van der Waals surface area contributed by atoms with E-state index in [1.165, 1.54) is 0 Å². The predicted octanol–water partition coefficient (Wildman–Crippen LogP) is 3.33. The second-order valence-corrected chi connectivity index (χ2v) is 5.94. The molecule has 2 atom stereocenters. The fourth-order valence-corrected chi connectivity index (χ4v) is 2.85. The molecule has 0 spiro atoms. The molecule has 4 nitrogen and oxygen atoms in total. The Kier molecular flexibility index (Phi) is 5.09. The van der Waals surface area contributed by atoms with Crippen LogP contribution in [0.2, 0.25) is 0 Å². The van der Waals surface area contributed by atoms with Gasteiger partial charge in [0.1, 0.15) is 11.6 Å². The first-order chi connectivity index (χ1) is 9.58. The van der Waals surface area contributed by atoms with Gasteiger partial charge in [0.2, 0.25) is 0 Å². The lowest BCUT2D eigenvalue weighted by Crippen LogP contribution is -2.19. The minimum atomic E-state index is -0.425.